The first kappa shape index (κ1) is 16.8. The lowest BCUT2D eigenvalue weighted by molar-refractivity contribution is -0.136. The molecule has 0 aliphatic rings. The Labute approximate surface area is 146 Å². The molecule has 0 fully saturated rings. The summed E-state index contributed by atoms with van der Waals surface area (Å²) in [4.78, 5) is 22.6. The van der Waals surface area contributed by atoms with Gasteiger partial charge in [0, 0.05) is 6.54 Å². The lowest BCUT2D eigenvalue weighted by Gasteiger charge is -2.05. The summed E-state index contributed by atoms with van der Waals surface area (Å²) in [6.07, 6.45) is -0.164. The van der Waals surface area contributed by atoms with Gasteiger partial charge < -0.3 is 10.4 Å². The predicted octanol–water partition coefficient (Wildman–Crippen LogP) is 1.66. The van der Waals surface area contributed by atoms with Crippen LogP contribution in [-0.2, 0) is 4.79 Å². The van der Waals surface area contributed by atoms with Gasteiger partial charge in [0.1, 0.15) is 5.82 Å². The molecule has 2 N–H and O–H groups in total. The Morgan fingerprint density at radius 2 is 2.16 bits per heavy atom. The van der Waals surface area contributed by atoms with Crippen LogP contribution < -0.4 is 11.1 Å². The minimum Gasteiger partial charge on any atom is -0.481 e. The Morgan fingerprint density at radius 3 is 2.88 bits per heavy atom. The van der Waals surface area contributed by atoms with Gasteiger partial charge in [-0.3, -0.25) is 9.32 Å². The Bertz CT molecular complexity index is 981. The van der Waals surface area contributed by atoms with Crippen LogP contribution in [0.15, 0.2) is 36.6 Å². The Morgan fingerprint density at radius 1 is 1.36 bits per heavy atom. The largest absolute Gasteiger partial charge is 0.481 e. The Balaban J connectivity index is 2.00. The molecule has 0 aliphatic carbocycles. The van der Waals surface area contributed by atoms with Crippen LogP contribution in [0.5, 0.6) is 0 Å². The van der Waals surface area contributed by atoms with Gasteiger partial charge in [-0.25, -0.2) is 18.4 Å². The van der Waals surface area contributed by atoms with Gasteiger partial charge in [-0.05, 0) is 44.4 Å². The summed E-state index contributed by atoms with van der Waals surface area (Å²) in [6.45, 7) is 0.0563. The number of nitrogens with zero attached hydrogens (tertiary/aromatic N) is 4. The standard InChI is InChI=1S/C13H9BrFN5O5/c14-7-5-6(1-2-8(7)15)20-12(19-24-13(20)23)10-11(18-25-17-10)16-4-3-9(21)22/h1-2,5H,3-4H2,(H,16,18)(H,21,22). The zero-order valence-corrected chi connectivity index (χ0v) is 13.9. The second-order valence-corrected chi connectivity index (χ2v) is 5.59. The summed E-state index contributed by atoms with van der Waals surface area (Å²) in [5, 5.41) is 22.3. The number of hydrogen-bond donors (Lipinski definition) is 2. The quantitative estimate of drug-likeness (QED) is 0.617. The molecule has 25 heavy (non-hydrogen) atoms. The van der Waals surface area contributed by atoms with Crippen LogP contribution in [0.2, 0.25) is 0 Å². The number of anilines is 1. The van der Waals surface area contributed by atoms with Gasteiger partial charge in [-0.15, -0.1) is 0 Å². The maximum Gasteiger partial charge on any atom is 0.446 e. The summed E-state index contributed by atoms with van der Waals surface area (Å²) in [6, 6.07) is 3.88. The molecule has 1 aromatic carbocycles. The van der Waals surface area contributed by atoms with Crippen molar-refractivity contribution in [2.45, 2.75) is 6.42 Å². The third-order valence-electron chi connectivity index (χ3n) is 3.10. The van der Waals surface area contributed by atoms with E-state index in [-0.39, 0.29) is 40.5 Å². The van der Waals surface area contributed by atoms with E-state index in [2.05, 4.69) is 45.9 Å². The molecule has 0 unspecified atom stereocenters. The zero-order chi connectivity index (χ0) is 18.0. The Hall–Kier alpha value is -3.02. The fourth-order valence-electron chi connectivity index (χ4n) is 1.99. The molecule has 130 valence electrons. The second kappa shape index (κ2) is 6.84. The summed E-state index contributed by atoms with van der Waals surface area (Å²) in [7, 11) is 0. The maximum atomic E-state index is 13.4. The van der Waals surface area contributed by atoms with Crippen LogP contribution in [0.1, 0.15) is 6.42 Å². The first-order valence-corrected chi connectivity index (χ1v) is 7.59. The van der Waals surface area contributed by atoms with Crippen molar-refractivity contribution in [2.24, 2.45) is 0 Å². The van der Waals surface area contributed by atoms with Crippen LogP contribution in [0.25, 0.3) is 17.2 Å². The first-order valence-electron chi connectivity index (χ1n) is 6.80. The van der Waals surface area contributed by atoms with E-state index in [0.29, 0.717) is 0 Å². The molecule has 0 radical (unpaired) electrons. The smallest absolute Gasteiger partial charge is 0.446 e. The van der Waals surface area contributed by atoms with E-state index in [9.17, 15) is 14.0 Å². The third-order valence-corrected chi connectivity index (χ3v) is 3.71. The highest BCUT2D eigenvalue weighted by molar-refractivity contribution is 9.10. The number of rotatable bonds is 6. The van der Waals surface area contributed by atoms with E-state index in [1.807, 2.05) is 0 Å². The molecule has 0 saturated heterocycles. The average Bonchev–Trinajstić information content (AvgIpc) is 3.16. The highest BCUT2D eigenvalue weighted by Gasteiger charge is 2.23. The van der Waals surface area contributed by atoms with E-state index in [1.54, 1.807) is 0 Å². The number of benzene rings is 1. The molecule has 0 saturated carbocycles. The molecule has 2 heterocycles. The van der Waals surface area contributed by atoms with Crippen molar-refractivity contribution >= 4 is 27.7 Å². The molecular formula is C13H9BrFN5O5. The van der Waals surface area contributed by atoms with Gasteiger partial charge in [-0.2, -0.15) is 0 Å². The summed E-state index contributed by atoms with van der Waals surface area (Å²) in [5.41, 5.74) is 0.311. The lowest BCUT2D eigenvalue weighted by Crippen LogP contribution is -2.14. The molecule has 0 atom stereocenters. The zero-order valence-electron chi connectivity index (χ0n) is 12.3. The lowest BCUT2D eigenvalue weighted by atomic mass is 10.3. The van der Waals surface area contributed by atoms with Crippen molar-refractivity contribution in [3.05, 3.63) is 39.0 Å². The predicted molar refractivity (Wildman–Crippen MR) is 83.8 cm³/mol. The molecule has 3 aromatic rings. The van der Waals surface area contributed by atoms with Crippen molar-refractivity contribution < 1.29 is 23.4 Å². The number of nitrogens with one attached hydrogen (secondary N) is 1. The van der Waals surface area contributed by atoms with E-state index in [0.717, 1.165) is 10.6 Å². The number of carboxylic acids is 1. The molecule has 0 bridgehead atoms. The van der Waals surface area contributed by atoms with Gasteiger partial charge in [0.25, 0.3) is 0 Å². The monoisotopic (exact) mass is 413 g/mol. The molecule has 3 rings (SSSR count). The van der Waals surface area contributed by atoms with Gasteiger partial charge in [-0.1, -0.05) is 5.16 Å². The SMILES string of the molecule is O=C(O)CCNc1nonc1-c1noc(=O)n1-c1ccc(F)c(Br)c1. The van der Waals surface area contributed by atoms with E-state index < -0.39 is 17.5 Å². The fraction of sp³-hybridized carbons (Fsp3) is 0.154. The van der Waals surface area contributed by atoms with Crippen LogP contribution in [-0.4, -0.2) is 37.7 Å². The number of carboxylic acid groups (broad SMARTS) is 1. The number of hydrogen-bond acceptors (Lipinski definition) is 8. The van der Waals surface area contributed by atoms with Crippen molar-refractivity contribution in [2.75, 3.05) is 11.9 Å². The minimum absolute atomic E-state index is 0.0386. The van der Waals surface area contributed by atoms with Crippen molar-refractivity contribution in [1.29, 1.82) is 0 Å². The summed E-state index contributed by atoms with van der Waals surface area (Å²) in [5.74, 6) is -2.28. The highest BCUT2D eigenvalue weighted by Crippen LogP contribution is 2.26. The van der Waals surface area contributed by atoms with Gasteiger partial charge in [0.2, 0.25) is 11.6 Å². The normalized spacial score (nSPS) is 10.8. The average molecular weight is 414 g/mol. The third kappa shape index (κ3) is 3.42. The summed E-state index contributed by atoms with van der Waals surface area (Å²) < 4.78 is 23.9. The number of aromatic nitrogens is 4. The minimum atomic E-state index is -1.000. The Kier molecular flexibility index (Phi) is 4.61. The van der Waals surface area contributed by atoms with Crippen LogP contribution >= 0.6 is 15.9 Å². The number of halogens is 2. The van der Waals surface area contributed by atoms with Crippen LogP contribution in [0.3, 0.4) is 0 Å². The van der Waals surface area contributed by atoms with Crippen LogP contribution in [0.4, 0.5) is 10.2 Å². The van der Waals surface area contributed by atoms with Crippen molar-refractivity contribution in [1.82, 2.24) is 20.0 Å². The van der Waals surface area contributed by atoms with E-state index >= 15 is 0 Å². The topological polar surface area (TPSA) is 136 Å². The van der Waals surface area contributed by atoms with Gasteiger partial charge in [0.05, 0.1) is 16.6 Å². The molecule has 0 spiro atoms. The van der Waals surface area contributed by atoms with E-state index in [4.69, 9.17) is 5.11 Å². The number of aliphatic carboxylic acids is 1. The van der Waals surface area contributed by atoms with Crippen molar-refractivity contribution in [3.63, 3.8) is 0 Å². The van der Waals surface area contributed by atoms with Crippen molar-refractivity contribution in [3.8, 4) is 17.2 Å². The van der Waals surface area contributed by atoms with E-state index in [1.165, 1.54) is 12.1 Å². The number of carbonyl (C=O) groups is 1. The molecule has 0 aliphatic heterocycles. The molecular weight excluding hydrogens is 405 g/mol. The fourth-order valence-corrected chi connectivity index (χ4v) is 2.36. The van der Waals surface area contributed by atoms with Gasteiger partial charge >= 0.3 is 11.7 Å². The molecule has 12 heteroatoms. The summed E-state index contributed by atoms with van der Waals surface area (Å²) >= 11 is 3.04. The molecule has 10 nitrogen and oxygen atoms in total. The van der Waals surface area contributed by atoms with Crippen LogP contribution in [0, 0.1) is 5.82 Å². The highest BCUT2D eigenvalue weighted by atomic mass is 79.9. The molecule has 2 aromatic heterocycles. The van der Waals surface area contributed by atoms with Gasteiger partial charge in [0.15, 0.2) is 5.69 Å². The molecule has 0 amide bonds. The first-order chi connectivity index (χ1) is 12.0. The second-order valence-electron chi connectivity index (χ2n) is 4.74. The maximum absolute atomic E-state index is 13.4.